The molecule has 2 aromatic rings. The molecule has 0 bridgehead atoms. The first kappa shape index (κ1) is 12.5. The number of furan rings is 1. The third kappa shape index (κ3) is 1.97. The van der Waals surface area contributed by atoms with E-state index >= 15 is 0 Å². The van der Waals surface area contributed by atoms with E-state index in [4.69, 9.17) is 4.42 Å². The van der Waals surface area contributed by atoms with Gasteiger partial charge in [0.25, 0.3) is 0 Å². The molecule has 0 saturated carbocycles. The molecule has 3 rings (SSSR count). The summed E-state index contributed by atoms with van der Waals surface area (Å²) >= 11 is 0. The normalized spacial score (nSPS) is 17.7. The van der Waals surface area contributed by atoms with Crippen LogP contribution in [0.15, 0.2) is 28.7 Å². The number of fused-ring (bicyclic) bond motifs is 1. The van der Waals surface area contributed by atoms with Crippen LogP contribution in [-0.2, 0) is 6.42 Å². The molecule has 7 nitrogen and oxygen atoms in total. The van der Waals surface area contributed by atoms with Gasteiger partial charge in [-0.25, -0.2) is 0 Å². The third-order valence-electron chi connectivity index (χ3n) is 3.37. The molecule has 0 amide bonds. The Hall–Kier alpha value is -2.54. The second kappa shape index (κ2) is 4.53. The van der Waals surface area contributed by atoms with Crippen LogP contribution < -0.4 is 5.32 Å². The van der Waals surface area contributed by atoms with Crippen molar-refractivity contribution in [1.82, 2.24) is 5.32 Å². The van der Waals surface area contributed by atoms with E-state index in [2.05, 4.69) is 5.32 Å². The summed E-state index contributed by atoms with van der Waals surface area (Å²) in [5.41, 5.74) is 1.62. The molecule has 0 spiro atoms. The molecule has 7 heteroatoms. The summed E-state index contributed by atoms with van der Waals surface area (Å²) in [6, 6.07) is 5.42. The lowest BCUT2D eigenvalue weighted by molar-refractivity contribution is -0.402. The van der Waals surface area contributed by atoms with Gasteiger partial charge in [0.2, 0.25) is 0 Å². The smallest absolute Gasteiger partial charge is 0.433 e. The zero-order chi connectivity index (χ0) is 14.3. The lowest BCUT2D eigenvalue weighted by Crippen LogP contribution is -2.30. The minimum atomic E-state index is -0.596. The average molecular weight is 276 g/mol. The number of phenols is 2. The fourth-order valence-electron chi connectivity index (χ4n) is 2.43. The van der Waals surface area contributed by atoms with Crippen LogP contribution >= 0.6 is 0 Å². The second-order valence-corrected chi connectivity index (χ2v) is 4.61. The number of hydrogen-bond donors (Lipinski definition) is 3. The first-order chi connectivity index (χ1) is 9.56. The Balaban J connectivity index is 2.04. The number of nitrogens with one attached hydrogen (secondary N) is 1. The molecule has 0 unspecified atom stereocenters. The molecule has 0 radical (unpaired) electrons. The third-order valence-corrected chi connectivity index (χ3v) is 3.37. The summed E-state index contributed by atoms with van der Waals surface area (Å²) in [5.74, 6) is -0.312. The first-order valence-corrected chi connectivity index (χ1v) is 6.08. The van der Waals surface area contributed by atoms with Crippen LogP contribution in [0.1, 0.15) is 22.9 Å². The molecule has 2 heterocycles. The molecule has 1 aliphatic heterocycles. The standard InChI is InChI=1S/C13H12N2O5/c16-9-5-7-3-4-14-13(8(7)6-10(9)17)11-1-2-12(20-11)15(18)19/h1-2,5-6,13-14,16-17H,3-4H2/t13-/m0/s1. The lowest BCUT2D eigenvalue weighted by Gasteiger charge is -2.25. The van der Waals surface area contributed by atoms with Crippen molar-refractivity contribution in [3.8, 4) is 11.5 Å². The number of nitro groups is 1. The van der Waals surface area contributed by atoms with Crippen LogP contribution in [0.3, 0.4) is 0 Å². The molecular formula is C13H12N2O5. The number of rotatable bonds is 2. The van der Waals surface area contributed by atoms with Gasteiger partial charge < -0.3 is 19.9 Å². The van der Waals surface area contributed by atoms with Crippen molar-refractivity contribution in [2.24, 2.45) is 0 Å². The Bertz CT molecular complexity index is 679. The summed E-state index contributed by atoms with van der Waals surface area (Å²) in [7, 11) is 0. The van der Waals surface area contributed by atoms with Gasteiger partial charge >= 0.3 is 5.88 Å². The number of phenolic OH excluding ortho intramolecular Hbond substituents is 2. The number of nitrogens with zero attached hydrogens (tertiary/aromatic N) is 1. The van der Waals surface area contributed by atoms with Gasteiger partial charge in [-0.05, 0) is 35.7 Å². The minimum absolute atomic E-state index is 0.171. The molecular weight excluding hydrogens is 264 g/mol. The van der Waals surface area contributed by atoms with Crippen LogP contribution in [-0.4, -0.2) is 21.7 Å². The van der Waals surface area contributed by atoms with Crippen molar-refractivity contribution in [3.05, 3.63) is 51.3 Å². The van der Waals surface area contributed by atoms with E-state index < -0.39 is 4.92 Å². The molecule has 1 atom stereocenters. The van der Waals surface area contributed by atoms with Gasteiger partial charge in [-0.2, -0.15) is 0 Å². The van der Waals surface area contributed by atoms with E-state index in [1.165, 1.54) is 24.3 Å². The van der Waals surface area contributed by atoms with Crippen LogP contribution in [0.4, 0.5) is 5.88 Å². The van der Waals surface area contributed by atoms with E-state index in [1.807, 2.05) is 0 Å². The van der Waals surface area contributed by atoms with Crippen LogP contribution in [0.5, 0.6) is 11.5 Å². The van der Waals surface area contributed by atoms with Gasteiger partial charge in [-0.1, -0.05) is 0 Å². The molecule has 0 aliphatic carbocycles. The van der Waals surface area contributed by atoms with Crippen molar-refractivity contribution in [1.29, 1.82) is 0 Å². The maximum absolute atomic E-state index is 10.7. The fraction of sp³-hybridized carbons (Fsp3) is 0.231. The highest BCUT2D eigenvalue weighted by molar-refractivity contribution is 5.49. The summed E-state index contributed by atoms with van der Waals surface area (Å²) < 4.78 is 5.21. The van der Waals surface area contributed by atoms with Crippen LogP contribution in [0.25, 0.3) is 0 Å². The van der Waals surface area contributed by atoms with Crippen molar-refractivity contribution < 1.29 is 19.6 Å². The SMILES string of the molecule is O=[N+]([O-])c1ccc([C@H]2NCCc3cc(O)c(O)cc32)o1. The Morgan fingerprint density at radius 1 is 1.30 bits per heavy atom. The summed E-state index contributed by atoms with van der Waals surface area (Å²) in [4.78, 5) is 10.1. The van der Waals surface area contributed by atoms with E-state index in [-0.39, 0.29) is 23.4 Å². The average Bonchev–Trinajstić information content (AvgIpc) is 2.89. The fourth-order valence-corrected chi connectivity index (χ4v) is 2.43. The van der Waals surface area contributed by atoms with Gasteiger partial charge in [0.15, 0.2) is 11.5 Å². The summed E-state index contributed by atoms with van der Waals surface area (Å²) in [6.45, 7) is 0.649. The van der Waals surface area contributed by atoms with E-state index in [0.29, 0.717) is 18.7 Å². The molecule has 1 aromatic heterocycles. The molecule has 0 fully saturated rings. The zero-order valence-electron chi connectivity index (χ0n) is 10.4. The predicted molar refractivity (Wildman–Crippen MR) is 68.7 cm³/mol. The van der Waals surface area contributed by atoms with E-state index in [0.717, 1.165) is 11.1 Å². The second-order valence-electron chi connectivity index (χ2n) is 4.61. The molecule has 0 saturated heterocycles. The Morgan fingerprint density at radius 2 is 2.05 bits per heavy atom. The van der Waals surface area contributed by atoms with Crippen molar-refractivity contribution >= 4 is 5.88 Å². The molecule has 104 valence electrons. The van der Waals surface area contributed by atoms with Gasteiger partial charge in [0.1, 0.15) is 10.7 Å². The number of aromatic hydroxyl groups is 2. The largest absolute Gasteiger partial charge is 0.504 e. The van der Waals surface area contributed by atoms with Crippen molar-refractivity contribution in [2.75, 3.05) is 6.54 Å². The van der Waals surface area contributed by atoms with Gasteiger partial charge in [-0.3, -0.25) is 10.1 Å². The van der Waals surface area contributed by atoms with Gasteiger partial charge in [0, 0.05) is 6.54 Å². The Labute approximate surface area is 113 Å². The van der Waals surface area contributed by atoms with Gasteiger partial charge in [0.05, 0.1) is 12.1 Å². The predicted octanol–water partition coefficient (Wildman–Crippen LogP) is 1.83. The zero-order valence-corrected chi connectivity index (χ0v) is 10.4. The molecule has 20 heavy (non-hydrogen) atoms. The Morgan fingerprint density at radius 3 is 2.75 bits per heavy atom. The lowest BCUT2D eigenvalue weighted by atomic mass is 9.92. The maximum atomic E-state index is 10.7. The maximum Gasteiger partial charge on any atom is 0.433 e. The number of hydrogen-bond acceptors (Lipinski definition) is 6. The quantitative estimate of drug-likeness (QED) is 0.438. The van der Waals surface area contributed by atoms with E-state index in [1.54, 1.807) is 0 Å². The van der Waals surface area contributed by atoms with E-state index in [9.17, 15) is 20.3 Å². The summed E-state index contributed by atoms with van der Waals surface area (Å²) in [6.07, 6.45) is 0.697. The minimum Gasteiger partial charge on any atom is -0.504 e. The van der Waals surface area contributed by atoms with Gasteiger partial charge in [-0.15, -0.1) is 0 Å². The molecule has 1 aromatic carbocycles. The highest BCUT2D eigenvalue weighted by Crippen LogP contribution is 2.37. The van der Waals surface area contributed by atoms with Crippen LogP contribution in [0.2, 0.25) is 0 Å². The monoisotopic (exact) mass is 276 g/mol. The topological polar surface area (TPSA) is 109 Å². The highest BCUT2D eigenvalue weighted by atomic mass is 16.6. The summed E-state index contributed by atoms with van der Waals surface area (Å²) in [5, 5.41) is 33.0. The molecule has 1 aliphatic rings. The van der Waals surface area contributed by atoms with Crippen molar-refractivity contribution in [2.45, 2.75) is 12.5 Å². The number of benzene rings is 1. The molecule has 3 N–H and O–H groups in total. The first-order valence-electron chi connectivity index (χ1n) is 6.08. The highest BCUT2D eigenvalue weighted by Gasteiger charge is 2.27. The van der Waals surface area contributed by atoms with Crippen molar-refractivity contribution in [3.63, 3.8) is 0 Å². The Kier molecular flexibility index (Phi) is 2.83. The van der Waals surface area contributed by atoms with Crippen LogP contribution in [0, 0.1) is 10.1 Å².